The highest BCUT2D eigenvalue weighted by atomic mass is 35.5. The minimum atomic E-state index is -0.976. The second kappa shape index (κ2) is 7.59. The zero-order chi connectivity index (χ0) is 19.8. The van der Waals surface area contributed by atoms with Gasteiger partial charge in [0, 0.05) is 22.0 Å². The summed E-state index contributed by atoms with van der Waals surface area (Å²) in [5, 5.41) is 10.6. The number of rotatable bonds is 4. The number of carboxylic acid groups (broad SMARTS) is 1. The largest absolute Gasteiger partial charge is 0.481 e. The first-order valence-corrected chi connectivity index (χ1v) is 10.2. The maximum Gasteiger partial charge on any atom is 0.313 e. The van der Waals surface area contributed by atoms with Gasteiger partial charge >= 0.3 is 5.97 Å². The lowest BCUT2D eigenvalue weighted by atomic mass is 9.82. The van der Waals surface area contributed by atoms with E-state index in [1.165, 1.54) is 11.3 Å². The van der Waals surface area contributed by atoms with Crippen LogP contribution >= 0.6 is 34.5 Å². The van der Waals surface area contributed by atoms with Crippen LogP contribution in [-0.2, 0) is 11.3 Å². The van der Waals surface area contributed by atoms with E-state index in [2.05, 4.69) is 0 Å². The lowest BCUT2D eigenvalue weighted by Gasteiger charge is -2.40. The smallest absolute Gasteiger partial charge is 0.313 e. The number of hydrogen-bond donors (Lipinski definition) is 1. The van der Waals surface area contributed by atoms with Gasteiger partial charge in [-0.1, -0.05) is 53.5 Å². The minimum absolute atomic E-state index is 0.197. The fourth-order valence-corrected chi connectivity index (χ4v) is 4.96. The van der Waals surface area contributed by atoms with Gasteiger partial charge in [0.2, 0.25) is 0 Å². The van der Waals surface area contributed by atoms with Crippen molar-refractivity contribution in [2.24, 2.45) is 0 Å². The van der Waals surface area contributed by atoms with Gasteiger partial charge in [-0.3, -0.25) is 9.59 Å². The molecular weight excluding hydrogens is 417 g/mol. The summed E-state index contributed by atoms with van der Waals surface area (Å²) >= 11 is 13.4. The summed E-state index contributed by atoms with van der Waals surface area (Å²) in [7, 11) is 0. The van der Waals surface area contributed by atoms with E-state index in [0.717, 1.165) is 10.4 Å². The zero-order valence-corrected chi connectivity index (χ0v) is 16.8. The molecule has 0 spiro atoms. The lowest BCUT2D eigenvalue weighted by Crippen LogP contribution is -2.44. The summed E-state index contributed by atoms with van der Waals surface area (Å²) in [6.07, 6.45) is 0. The molecule has 1 amide bonds. The van der Waals surface area contributed by atoms with Crippen molar-refractivity contribution in [2.45, 2.75) is 18.5 Å². The van der Waals surface area contributed by atoms with Crippen molar-refractivity contribution in [2.75, 3.05) is 0 Å². The molecule has 2 unspecified atom stereocenters. The van der Waals surface area contributed by atoms with Crippen LogP contribution in [0.25, 0.3) is 0 Å². The Kier molecular flexibility index (Phi) is 5.15. The van der Waals surface area contributed by atoms with E-state index in [0.29, 0.717) is 20.5 Å². The van der Waals surface area contributed by atoms with E-state index in [4.69, 9.17) is 23.2 Å². The number of carbonyl (C=O) groups is 2. The SMILES string of the molecule is O=C(O)C1c2ccccc2C(=O)N(Cc2ccc(Cl)cc2)C1c1ccc(Cl)s1. The van der Waals surface area contributed by atoms with E-state index in [9.17, 15) is 14.7 Å². The molecule has 3 aromatic rings. The molecule has 4 nitrogen and oxygen atoms in total. The van der Waals surface area contributed by atoms with Crippen LogP contribution in [0.4, 0.5) is 0 Å². The molecule has 1 aliphatic heterocycles. The highest BCUT2D eigenvalue weighted by Gasteiger charge is 2.44. The molecule has 1 N–H and O–H groups in total. The van der Waals surface area contributed by atoms with Crippen molar-refractivity contribution in [3.8, 4) is 0 Å². The standard InChI is InChI=1S/C21H15Cl2NO3S/c22-13-7-5-12(6-8-13)11-24-19(16-9-10-17(23)28-16)18(21(26)27)14-3-1-2-4-15(14)20(24)25/h1-10,18-19H,11H2,(H,26,27). The van der Waals surface area contributed by atoms with Gasteiger partial charge < -0.3 is 10.0 Å². The van der Waals surface area contributed by atoms with Crippen LogP contribution in [0.3, 0.4) is 0 Å². The molecule has 1 aromatic heterocycles. The van der Waals surface area contributed by atoms with E-state index >= 15 is 0 Å². The van der Waals surface area contributed by atoms with Crippen LogP contribution in [0.2, 0.25) is 9.36 Å². The first-order chi connectivity index (χ1) is 13.5. The van der Waals surface area contributed by atoms with Crippen LogP contribution in [0, 0.1) is 0 Å². The number of carbonyl (C=O) groups excluding carboxylic acids is 1. The summed E-state index contributed by atoms with van der Waals surface area (Å²) in [6.45, 7) is 0.272. The maximum atomic E-state index is 13.3. The number of nitrogens with zero attached hydrogens (tertiary/aromatic N) is 1. The van der Waals surface area contributed by atoms with Crippen molar-refractivity contribution in [1.29, 1.82) is 0 Å². The number of fused-ring (bicyclic) bond motifs is 1. The second-order valence-corrected chi connectivity index (χ2v) is 8.73. The molecule has 0 saturated carbocycles. The second-order valence-electron chi connectivity index (χ2n) is 6.55. The Morgan fingerprint density at radius 3 is 2.39 bits per heavy atom. The summed E-state index contributed by atoms with van der Waals surface area (Å²) in [5.74, 6) is -2.05. The fraction of sp³-hybridized carbons (Fsp3) is 0.143. The molecule has 2 atom stereocenters. The number of benzene rings is 2. The average Bonchev–Trinajstić information content (AvgIpc) is 3.11. The lowest BCUT2D eigenvalue weighted by molar-refractivity contribution is -0.140. The van der Waals surface area contributed by atoms with Crippen LogP contribution < -0.4 is 0 Å². The third kappa shape index (κ3) is 3.41. The molecule has 0 fully saturated rings. The molecular formula is C21H15Cl2NO3S. The monoisotopic (exact) mass is 431 g/mol. The number of carboxylic acids is 1. The Bertz CT molecular complexity index is 1050. The van der Waals surface area contributed by atoms with Crippen molar-refractivity contribution in [1.82, 2.24) is 4.90 Å². The number of hydrogen-bond acceptors (Lipinski definition) is 3. The molecule has 142 valence electrons. The fourth-order valence-electron chi connectivity index (χ4n) is 3.62. The Morgan fingerprint density at radius 2 is 1.75 bits per heavy atom. The Hall–Kier alpha value is -2.34. The molecule has 0 bridgehead atoms. The Balaban J connectivity index is 1.86. The van der Waals surface area contributed by atoms with Gasteiger partial charge in [-0.2, -0.15) is 0 Å². The minimum Gasteiger partial charge on any atom is -0.481 e. The van der Waals surface area contributed by atoms with E-state index < -0.39 is 17.9 Å². The number of aliphatic carboxylic acids is 1. The number of thiophene rings is 1. The van der Waals surface area contributed by atoms with Crippen LogP contribution in [0.1, 0.15) is 38.3 Å². The molecule has 0 saturated heterocycles. The van der Waals surface area contributed by atoms with Crippen LogP contribution in [0.15, 0.2) is 60.7 Å². The van der Waals surface area contributed by atoms with Gasteiger partial charge in [0.1, 0.15) is 5.92 Å². The summed E-state index contributed by atoms with van der Waals surface area (Å²) in [5.41, 5.74) is 1.82. The van der Waals surface area contributed by atoms with Gasteiger partial charge in [0.25, 0.3) is 5.91 Å². The van der Waals surface area contributed by atoms with Crippen molar-refractivity contribution in [3.63, 3.8) is 0 Å². The summed E-state index contributed by atoms with van der Waals surface area (Å²) in [6, 6.07) is 17.0. The zero-order valence-electron chi connectivity index (χ0n) is 14.5. The highest BCUT2D eigenvalue weighted by Crippen LogP contribution is 2.46. The third-order valence-electron chi connectivity index (χ3n) is 4.86. The Labute approximate surface area is 175 Å². The van der Waals surface area contributed by atoms with Crippen molar-refractivity contribution < 1.29 is 14.7 Å². The highest BCUT2D eigenvalue weighted by molar-refractivity contribution is 7.16. The number of amides is 1. The summed E-state index contributed by atoms with van der Waals surface area (Å²) in [4.78, 5) is 28.0. The molecule has 28 heavy (non-hydrogen) atoms. The topological polar surface area (TPSA) is 57.6 Å². The van der Waals surface area contributed by atoms with E-state index in [-0.39, 0.29) is 12.5 Å². The van der Waals surface area contributed by atoms with Gasteiger partial charge in [0.05, 0.1) is 10.4 Å². The van der Waals surface area contributed by atoms with Gasteiger partial charge in [0.15, 0.2) is 0 Å². The van der Waals surface area contributed by atoms with Crippen LogP contribution in [-0.4, -0.2) is 21.9 Å². The molecule has 4 rings (SSSR count). The first kappa shape index (κ1) is 19.0. The predicted molar refractivity (Wildman–Crippen MR) is 110 cm³/mol. The molecule has 0 radical (unpaired) electrons. The number of halogens is 2. The van der Waals surface area contributed by atoms with Crippen molar-refractivity contribution >= 4 is 46.4 Å². The van der Waals surface area contributed by atoms with Crippen molar-refractivity contribution in [3.05, 3.63) is 91.6 Å². The van der Waals surface area contributed by atoms with Gasteiger partial charge in [-0.05, 0) is 41.5 Å². The molecule has 2 heterocycles. The van der Waals surface area contributed by atoms with Crippen LogP contribution in [0.5, 0.6) is 0 Å². The summed E-state index contributed by atoms with van der Waals surface area (Å²) < 4.78 is 0.553. The molecule has 1 aliphatic rings. The Morgan fingerprint density at radius 1 is 1.04 bits per heavy atom. The molecule has 7 heteroatoms. The van der Waals surface area contributed by atoms with E-state index in [1.54, 1.807) is 53.4 Å². The van der Waals surface area contributed by atoms with Gasteiger partial charge in [-0.25, -0.2) is 0 Å². The van der Waals surface area contributed by atoms with E-state index in [1.807, 2.05) is 12.1 Å². The first-order valence-electron chi connectivity index (χ1n) is 8.58. The normalized spacial score (nSPS) is 18.8. The van der Waals surface area contributed by atoms with Gasteiger partial charge in [-0.15, -0.1) is 11.3 Å². The maximum absolute atomic E-state index is 13.3. The quantitative estimate of drug-likeness (QED) is 0.582. The molecule has 2 aromatic carbocycles. The predicted octanol–water partition coefficient (Wildman–Crippen LogP) is 5.62. The average molecular weight is 432 g/mol. The molecule has 0 aliphatic carbocycles. The third-order valence-corrected chi connectivity index (χ3v) is 6.41.